The summed E-state index contributed by atoms with van der Waals surface area (Å²) < 4.78 is 11.7. The van der Waals surface area contributed by atoms with Crippen LogP contribution < -0.4 is 15.4 Å². The molecule has 0 radical (unpaired) electrons. The van der Waals surface area contributed by atoms with Gasteiger partial charge in [-0.05, 0) is 38.2 Å². The van der Waals surface area contributed by atoms with E-state index < -0.39 is 0 Å². The van der Waals surface area contributed by atoms with E-state index in [1.165, 1.54) is 11.1 Å². The Morgan fingerprint density at radius 2 is 1.97 bits per heavy atom. The fourth-order valence-electron chi connectivity index (χ4n) is 3.57. The van der Waals surface area contributed by atoms with Crippen LogP contribution in [0.2, 0.25) is 0 Å². The van der Waals surface area contributed by atoms with Crippen LogP contribution in [0, 0.1) is 6.92 Å². The van der Waals surface area contributed by atoms with Crippen molar-refractivity contribution >= 4 is 29.9 Å². The number of likely N-dealkylation sites (N-methyl/N-ethyl adjacent to an activating group) is 1. The highest BCUT2D eigenvalue weighted by Gasteiger charge is 2.19. The van der Waals surface area contributed by atoms with Crippen molar-refractivity contribution in [3.05, 3.63) is 65.2 Å². The number of aliphatic imine (C=N–C) groups is 1. The molecule has 3 rings (SSSR count). The van der Waals surface area contributed by atoms with Gasteiger partial charge in [0.05, 0.1) is 19.3 Å². The molecule has 6 nitrogen and oxygen atoms in total. The summed E-state index contributed by atoms with van der Waals surface area (Å²) in [5.74, 6) is 1.69. The van der Waals surface area contributed by atoms with Gasteiger partial charge >= 0.3 is 0 Å². The van der Waals surface area contributed by atoms with E-state index in [-0.39, 0.29) is 36.1 Å². The molecule has 1 aliphatic rings. The summed E-state index contributed by atoms with van der Waals surface area (Å²) in [5.41, 5.74) is 3.58. The summed E-state index contributed by atoms with van der Waals surface area (Å²) in [4.78, 5) is 6.61. The number of ether oxygens (including phenoxy) is 2. The first-order chi connectivity index (χ1) is 14.6. The van der Waals surface area contributed by atoms with Gasteiger partial charge in [-0.2, -0.15) is 0 Å². The maximum Gasteiger partial charge on any atom is 0.191 e. The number of rotatable bonds is 8. The maximum absolute atomic E-state index is 6.21. The van der Waals surface area contributed by atoms with E-state index in [0.29, 0.717) is 13.2 Å². The van der Waals surface area contributed by atoms with Gasteiger partial charge < -0.3 is 25.0 Å². The van der Waals surface area contributed by atoms with Crippen molar-refractivity contribution in [2.75, 3.05) is 40.9 Å². The van der Waals surface area contributed by atoms with Crippen molar-refractivity contribution in [2.45, 2.75) is 32.0 Å². The Hall–Kier alpha value is -1.84. The number of aryl methyl sites for hydroxylation is 1. The van der Waals surface area contributed by atoms with Gasteiger partial charge in [0.15, 0.2) is 5.96 Å². The number of hydrogen-bond acceptors (Lipinski definition) is 4. The first-order valence-electron chi connectivity index (χ1n) is 10.6. The Kier molecular flexibility index (Phi) is 10.6. The molecule has 0 saturated carbocycles. The molecule has 1 saturated heterocycles. The summed E-state index contributed by atoms with van der Waals surface area (Å²) in [6, 6.07) is 17.1. The molecule has 0 spiro atoms. The van der Waals surface area contributed by atoms with Crippen LogP contribution in [0.25, 0.3) is 0 Å². The maximum atomic E-state index is 6.21. The largest absolute Gasteiger partial charge is 0.488 e. The van der Waals surface area contributed by atoms with E-state index >= 15 is 0 Å². The zero-order valence-electron chi connectivity index (χ0n) is 18.9. The van der Waals surface area contributed by atoms with E-state index in [1.807, 2.05) is 6.07 Å². The van der Waals surface area contributed by atoms with E-state index in [9.17, 15) is 0 Å². The van der Waals surface area contributed by atoms with Crippen molar-refractivity contribution in [1.82, 2.24) is 15.5 Å². The van der Waals surface area contributed by atoms with E-state index in [4.69, 9.17) is 9.47 Å². The van der Waals surface area contributed by atoms with Crippen molar-refractivity contribution in [1.29, 1.82) is 0 Å². The van der Waals surface area contributed by atoms with E-state index in [0.717, 1.165) is 36.8 Å². The number of nitrogens with one attached hydrogen (secondary N) is 2. The highest BCUT2D eigenvalue weighted by molar-refractivity contribution is 14.0. The second kappa shape index (κ2) is 12.9. The highest BCUT2D eigenvalue weighted by Crippen LogP contribution is 2.24. The molecule has 2 aromatic carbocycles. The molecule has 1 fully saturated rings. The number of hydrogen-bond donors (Lipinski definition) is 2. The van der Waals surface area contributed by atoms with Gasteiger partial charge in [-0.1, -0.05) is 42.5 Å². The summed E-state index contributed by atoms with van der Waals surface area (Å²) in [6.07, 6.45) is 1.07. The Morgan fingerprint density at radius 1 is 1.19 bits per heavy atom. The topological polar surface area (TPSA) is 58.1 Å². The van der Waals surface area contributed by atoms with Gasteiger partial charge in [0.25, 0.3) is 0 Å². The average molecular weight is 538 g/mol. The van der Waals surface area contributed by atoms with Gasteiger partial charge in [-0.25, -0.2) is 0 Å². The van der Waals surface area contributed by atoms with Crippen LogP contribution in [-0.2, 0) is 11.3 Å². The van der Waals surface area contributed by atoms with Crippen molar-refractivity contribution in [3.63, 3.8) is 0 Å². The van der Waals surface area contributed by atoms with Gasteiger partial charge in [0, 0.05) is 32.1 Å². The van der Waals surface area contributed by atoms with Gasteiger partial charge in [-0.3, -0.25) is 4.99 Å². The lowest BCUT2D eigenvalue weighted by molar-refractivity contribution is 0.140. The number of nitrogens with zero attached hydrogens (tertiary/aromatic N) is 2. The molecule has 2 N–H and O–H groups in total. The van der Waals surface area contributed by atoms with E-state index in [2.05, 4.69) is 84.0 Å². The summed E-state index contributed by atoms with van der Waals surface area (Å²) in [5, 5.41) is 6.89. The predicted octanol–water partition coefficient (Wildman–Crippen LogP) is 3.75. The monoisotopic (exact) mass is 538 g/mol. The quantitative estimate of drug-likeness (QED) is 0.305. The Bertz CT molecular complexity index is 824. The summed E-state index contributed by atoms with van der Waals surface area (Å²) >= 11 is 0. The predicted molar refractivity (Wildman–Crippen MR) is 138 cm³/mol. The molecule has 0 bridgehead atoms. The Morgan fingerprint density at radius 3 is 2.61 bits per heavy atom. The summed E-state index contributed by atoms with van der Waals surface area (Å²) in [7, 11) is 5.99. The van der Waals surface area contributed by atoms with Crippen LogP contribution in [-0.4, -0.2) is 57.9 Å². The molecule has 0 amide bonds. The van der Waals surface area contributed by atoms with Gasteiger partial charge in [0.2, 0.25) is 0 Å². The minimum atomic E-state index is 0. The van der Waals surface area contributed by atoms with Gasteiger partial charge in [0.1, 0.15) is 11.9 Å². The molecular weight excluding hydrogens is 503 g/mol. The fourth-order valence-corrected chi connectivity index (χ4v) is 3.57. The standard InChI is InChI=1S/C24H34N4O2.HI/c1-18-10-11-20(23(14-18)30-21-12-13-29-17-21)15-26-24(25-2)27-16-22(28(3)4)19-8-6-5-7-9-19;/h5-11,14,21-22H,12-13,15-17H2,1-4H3,(H2,25,26,27);1H. The van der Waals surface area contributed by atoms with Crippen molar-refractivity contribution in [3.8, 4) is 5.75 Å². The SMILES string of the molecule is CN=C(NCc1ccc(C)cc1OC1CCOC1)NCC(c1ccccc1)N(C)C.I. The third-order valence-electron chi connectivity index (χ3n) is 5.34. The Labute approximate surface area is 203 Å². The first kappa shape index (κ1) is 25.4. The lowest BCUT2D eigenvalue weighted by Crippen LogP contribution is -2.41. The molecule has 2 unspecified atom stereocenters. The minimum Gasteiger partial charge on any atom is -0.488 e. The third-order valence-corrected chi connectivity index (χ3v) is 5.34. The van der Waals surface area contributed by atoms with Crippen LogP contribution in [0.3, 0.4) is 0 Å². The second-order valence-electron chi connectivity index (χ2n) is 7.91. The van der Waals surface area contributed by atoms with Crippen LogP contribution in [0.15, 0.2) is 53.5 Å². The third kappa shape index (κ3) is 7.66. The molecule has 2 atom stereocenters. The minimum absolute atomic E-state index is 0. The molecule has 0 aromatic heterocycles. The number of halogens is 1. The smallest absolute Gasteiger partial charge is 0.191 e. The lowest BCUT2D eigenvalue weighted by Gasteiger charge is -2.26. The first-order valence-corrected chi connectivity index (χ1v) is 10.6. The van der Waals surface area contributed by atoms with Crippen LogP contribution in [0.1, 0.15) is 29.2 Å². The zero-order chi connectivity index (χ0) is 21.3. The lowest BCUT2D eigenvalue weighted by atomic mass is 10.1. The summed E-state index contributed by atoms with van der Waals surface area (Å²) in [6.45, 7) is 4.92. The molecule has 1 aliphatic heterocycles. The molecule has 2 aromatic rings. The normalized spacial score (nSPS) is 17.2. The van der Waals surface area contributed by atoms with Crippen LogP contribution >= 0.6 is 24.0 Å². The molecule has 7 heteroatoms. The molecule has 170 valence electrons. The van der Waals surface area contributed by atoms with E-state index in [1.54, 1.807) is 7.05 Å². The van der Waals surface area contributed by atoms with Gasteiger partial charge in [-0.15, -0.1) is 24.0 Å². The molecular formula is C24H35IN4O2. The molecule has 1 heterocycles. The van der Waals surface area contributed by atoms with Crippen LogP contribution in [0.4, 0.5) is 0 Å². The Balaban J connectivity index is 0.00000341. The zero-order valence-corrected chi connectivity index (χ0v) is 21.3. The molecule has 31 heavy (non-hydrogen) atoms. The number of benzene rings is 2. The average Bonchev–Trinajstić information content (AvgIpc) is 3.25. The van der Waals surface area contributed by atoms with Crippen molar-refractivity contribution < 1.29 is 9.47 Å². The second-order valence-corrected chi connectivity index (χ2v) is 7.91. The van der Waals surface area contributed by atoms with Crippen molar-refractivity contribution in [2.24, 2.45) is 4.99 Å². The fraction of sp³-hybridized carbons (Fsp3) is 0.458. The number of guanidine groups is 1. The molecule has 0 aliphatic carbocycles. The highest BCUT2D eigenvalue weighted by atomic mass is 127. The van der Waals surface area contributed by atoms with Crippen LogP contribution in [0.5, 0.6) is 5.75 Å².